The third-order valence-electron chi connectivity index (χ3n) is 3.52. The van der Waals surface area contributed by atoms with Gasteiger partial charge in [-0.3, -0.25) is 4.90 Å². The molecule has 1 amide bonds. The summed E-state index contributed by atoms with van der Waals surface area (Å²) >= 11 is 0. The minimum Gasteiger partial charge on any atom is -0.444 e. The number of amides is 1. The van der Waals surface area contributed by atoms with Gasteiger partial charge < -0.3 is 9.64 Å². The van der Waals surface area contributed by atoms with Gasteiger partial charge in [0.25, 0.3) is 0 Å². The van der Waals surface area contributed by atoms with Crippen LogP contribution in [0.3, 0.4) is 0 Å². The van der Waals surface area contributed by atoms with Crippen molar-refractivity contribution >= 4 is 6.09 Å². The number of hydrogen-bond donors (Lipinski definition) is 0. The smallest absolute Gasteiger partial charge is 0.410 e. The van der Waals surface area contributed by atoms with Gasteiger partial charge >= 0.3 is 6.09 Å². The first kappa shape index (κ1) is 13.6. The number of likely N-dealkylation sites (N-methyl/N-ethyl adjacent to an activating group) is 1. The zero-order chi connectivity index (χ0) is 13.5. The molecule has 0 aromatic heterocycles. The van der Waals surface area contributed by atoms with Gasteiger partial charge in [-0.15, -0.1) is 0 Å². The van der Waals surface area contributed by atoms with Gasteiger partial charge in [-0.05, 0) is 40.7 Å². The molecule has 5 heteroatoms. The summed E-state index contributed by atoms with van der Waals surface area (Å²) in [4.78, 5) is 15.4. The Kier molecular flexibility index (Phi) is 3.54. The summed E-state index contributed by atoms with van der Waals surface area (Å²) < 4.78 is 19.3. The number of carbonyl (C=O) groups is 1. The molecule has 0 N–H and O–H groups in total. The van der Waals surface area contributed by atoms with Crippen molar-refractivity contribution in [1.29, 1.82) is 0 Å². The van der Waals surface area contributed by atoms with E-state index in [1.165, 1.54) is 4.90 Å². The second kappa shape index (κ2) is 4.68. The van der Waals surface area contributed by atoms with E-state index in [4.69, 9.17) is 4.74 Å². The predicted octanol–water partition coefficient (Wildman–Crippen LogP) is 2.04. The van der Waals surface area contributed by atoms with Gasteiger partial charge in [0.15, 0.2) is 0 Å². The number of carbonyl (C=O) groups excluding carboxylic acids is 1. The van der Waals surface area contributed by atoms with E-state index in [-0.39, 0.29) is 12.6 Å². The molecule has 104 valence electrons. The van der Waals surface area contributed by atoms with E-state index >= 15 is 0 Å². The predicted molar refractivity (Wildman–Crippen MR) is 67.3 cm³/mol. The molecule has 0 radical (unpaired) electrons. The Labute approximate surface area is 108 Å². The first-order valence-corrected chi connectivity index (χ1v) is 6.62. The average Bonchev–Trinajstić information content (AvgIpc) is 2.98. The van der Waals surface area contributed by atoms with E-state index in [1.54, 1.807) is 0 Å². The normalized spacial score (nSPS) is 28.9. The quantitative estimate of drug-likeness (QED) is 0.760. The van der Waals surface area contributed by atoms with Crippen LogP contribution in [0, 0.1) is 0 Å². The highest BCUT2D eigenvalue weighted by Crippen LogP contribution is 2.31. The lowest BCUT2D eigenvalue weighted by Crippen LogP contribution is -2.41. The largest absolute Gasteiger partial charge is 0.444 e. The van der Waals surface area contributed by atoms with Crippen LogP contribution in [0.15, 0.2) is 0 Å². The molecule has 1 saturated carbocycles. The third-order valence-corrected chi connectivity index (χ3v) is 3.52. The van der Waals surface area contributed by atoms with Gasteiger partial charge in [0.1, 0.15) is 11.8 Å². The molecule has 0 bridgehead atoms. The van der Waals surface area contributed by atoms with Gasteiger partial charge in [0, 0.05) is 12.6 Å². The molecule has 4 nitrogen and oxygen atoms in total. The molecule has 2 fully saturated rings. The summed E-state index contributed by atoms with van der Waals surface area (Å²) in [6.07, 6.45) is 0.915. The molecule has 0 spiro atoms. The standard InChI is InChI=1S/C13H23FN2O2/c1-13(2,3)18-12(17)16-7-10(14)11(8-16)15(4)9-5-6-9/h9-11H,5-8H2,1-4H3/t10-,11+/m0/s1. The number of rotatable bonds is 2. The number of ether oxygens (including phenoxy) is 1. The van der Waals surface area contributed by atoms with Crippen molar-refractivity contribution in [3.05, 3.63) is 0 Å². The molecule has 0 unspecified atom stereocenters. The summed E-state index contributed by atoms with van der Waals surface area (Å²) in [7, 11) is 1.95. The third kappa shape index (κ3) is 3.13. The van der Waals surface area contributed by atoms with Gasteiger partial charge in [-0.2, -0.15) is 0 Å². The maximum Gasteiger partial charge on any atom is 0.410 e. The lowest BCUT2D eigenvalue weighted by molar-refractivity contribution is 0.0277. The minimum absolute atomic E-state index is 0.149. The van der Waals surface area contributed by atoms with Gasteiger partial charge in [-0.1, -0.05) is 0 Å². The molecule has 2 rings (SSSR count). The molecule has 18 heavy (non-hydrogen) atoms. The molecule has 1 heterocycles. The zero-order valence-electron chi connectivity index (χ0n) is 11.6. The maximum absolute atomic E-state index is 14.0. The van der Waals surface area contributed by atoms with E-state index in [2.05, 4.69) is 4.90 Å². The molecular weight excluding hydrogens is 235 g/mol. The van der Waals surface area contributed by atoms with E-state index in [1.807, 2.05) is 27.8 Å². The van der Waals surface area contributed by atoms with Gasteiger partial charge in [0.05, 0.1) is 12.6 Å². The summed E-state index contributed by atoms with van der Waals surface area (Å²) in [5.41, 5.74) is -0.524. The molecule has 1 aliphatic heterocycles. The van der Waals surface area contributed by atoms with Crippen LogP contribution in [-0.2, 0) is 4.74 Å². The Morgan fingerprint density at radius 2 is 1.94 bits per heavy atom. The Balaban J connectivity index is 1.91. The summed E-state index contributed by atoms with van der Waals surface area (Å²) in [5, 5.41) is 0. The minimum atomic E-state index is -0.969. The van der Waals surface area contributed by atoms with Crippen molar-refractivity contribution in [1.82, 2.24) is 9.80 Å². The number of hydrogen-bond acceptors (Lipinski definition) is 3. The maximum atomic E-state index is 14.0. The van der Waals surface area contributed by atoms with Crippen molar-refractivity contribution in [3.8, 4) is 0 Å². The highest BCUT2D eigenvalue weighted by Gasteiger charge is 2.43. The Hall–Kier alpha value is -0.840. The monoisotopic (exact) mass is 258 g/mol. The molecule has 0 aromatic carbocycles. The fourth-order valence-corrected chi connectivity index (χ4v) is 2.36. The Morgan fingerprint density at radius 1 is 1.33 bits per heavy atom. The van der Waals surface area contributed by atoms with Crippen LogP contribution in [0.4, 0.5) is 9.18 Å². The summed E-state index contributed by atoms with van der Waals surface area (Å²) in [6.45, 7) is 6.05. The van der Waals surface area contributed by atoms with Crippen LogP contribution < -0.4 is 0 Å². The van der Waals surface area contributed by atoms with Crippen LogP contribution in [0.5, 0.6) is 0 Å². The lowest BCUT2D eigenvalue weighted by atomic mass is 10.2. The molecule has 1 saturated heterocycles. The first-order valence-electron chi connectivity index (χ1n) is 6.62. The fourth-order valence-electron chi connectivity index (χ4n) is 2.36. The van der Waals surface area contributed by atoms with Crippen LogP contribution in [0.1, 0.15) is 33.6 Å². The van der Waals surface area contributed by atoms with E-state index in [9.17, 15) is 9.18 Å². The lowest BCUT2D eigenvalue weighted by Gasteiger charge is -2.26. The van der Waals surface area contributed by atoms with E-state index in [0.29, 0.717) is 12.6 Å². The second-order valence-electron chi connectivity index (χ2n) is 6.37. The van der Waals surface area contributed by atoms with Gasteiger partial charge in [0.2, 0.25) is 0 Å². The van der Waals surface area contributed by atoms with Crippen molar-refractivity contribution in [2.45, 2.75) is 57.5 Å². The molecule has 2 atom stereocenters. The van der Waals surface area contributed by atoms with Crippen molar-refractivity contribution in [2.24, 2.45) is 0 Å². The first-order chi connectivity index (χ1) is 8.28. The van der Waals surface area contributed by atoms with Gasteiger partial charge in [-0.25, -0.2) is 9.18 Å². The molecule has 2 aliphatic rings. The highest BCUT2D eigenvalue weighted by atomic mass is 19.1. The molecule has 1 aliphatic carbocycles. The summed E-state index contributed by atoms with van der Waals surface area (Å²) in [6, 6.07) is 0.330. The Bertz CT molecular complexity index is 325. The topological polar surface area (TPSA) is 32.8 Å². The van der Waals surface area contributed by atoms with Crippen LogP contribution >= 0.6 is 0 Å². The highest BCUT2D eigenvalue weighted by molar-refractivity contribution is 5.68. The molecular formula is C13H23FN2O2. The van der Waals surface area contributed by atoms with Crippen LogP contribution in [0.25, 0.3) is 0 Å². The summed E-state index contributed by atoms with van der Waals surface area (Å²) in [5.74, 6) is 0. The average molecular weight is 258 g/mol. The SMILES string of the molecule is CN(C1CC1)[C@@H]1CN(C(=O)OC(C)(C)C)C[C@@H]1F. The Morgan fingerprint density at radius 3 is 2.44 bits per heavy atom. The van der Waals surface area contributed by atoms with E-state index < -0.39 is 17.9 Å². The van der Waals surface area contributed by atoms with Crippen LogP contribution in [-0.4, -0.2) is 59.9 Å². The zero-order valence-corrected chi connectivity index (χ0v) is 11.6. The number of likely N-dealkylation sites (tertiary alicyclic amines) is 1. The van der Waals surface area contributed by atoms with Crippen molar-refractivity contribution in [2.75, 3.05) is 20.1 Å². The number of nitrogens with zero attached hydrogens (tertiary/aromatic N) is 2. The molecule has 0 aromatic rings. The van der Waals surface area contributed by atoms with E-state index in [0.717, 1.165) is 12.8 Å². The van der Waals surface area contributed by atoms with Crippen LogP contribution in [0.2, 0.25) is 0 Å². The van der Waals surface area contributed by atoms with Crippen molar-refractivity contribution < 1.29 is 13.9 Å². The fraction of sp³-hybridized carbons (Fsp3) is 0.923. The number of alkyl halides is 1. The number of halogens is 1. The van der Waals surface area contributed by atoms with Crippen molar-refractivity contribution in [3.63, 3.8) is 0 Å². The second-order valence-corrected chi connectivity index (χ2v) is 6.37.